The third kappa shape index (κ3) is 3.50. The van der Waals surface area contributed by atoms with E-state index in [2.05, 4.69) is 14.7 Å². The van der Waals surface area contributed by atoms with Crippen LogP contribution in [0, 0.1) is 0 Å². The largest absolute Gasteiger partial charge is 0.416 e. The smallest absolute Gasteiger partial charge is 0.326 e. The minimum absolute atomic E-state index is 0.0266. The van der Waals surface area contributed by atoms with Gasteiger partial charge in [-0.25, -0.2) is 23.2 Å². The van der Waals surface area contributed by atoms with Crippen LogP contribution in [0.4, 0.5) is 13.2 Å². The van der Waals surface area contributed by atoms with Gasteiger partial charge in [0.1, 0.15) is 5.70 Å². The highest BCUT2D eigenvalue weighted by Gasteiger charge is 2.34. The van der Waals surface area contributed by atoms with Crippen LogP contribution in [0.2, 0.25) is 0 Å². The van der Waals surface area contributed by atoms with Gasteiger partial charge in [-0.2, -0.15) is 13.2 Å². The second kappa shape index (κ2) is 7.18. The van der Waals surface area contributed by atoms with Crippen LogP contribution >= 0.6 is 0 Å². The Labute approximate surface area is 159 Å². The van der Waals surface area contributed by atoms with Crippen molar-refractivity contribution in [3.63, 3.8) is 0 Å². The number of aromatic nitrogens is 2. The summed E-state index contributed by atoms with van der Waals surface area (Å²) in [5, 5.41) is 0.906. The van der Waals surface area contributed by atoms with Crippen LogP contribution in [-0.4, -0.2) is 49.4 Å². The fourth-order valence-corrected chi connectivity index (χ4v) is 3.82. The summed E-state index contributed by atoms with van der Waals surface area (Å²) in [6, 6.07) is 3.15. The average molecular weight is 417 g/mol. The number of halogens is 3. The normalized spacial score (nSPS) is 15.7. The Bertz CT molecular complexity index is 1070. The minimum atomic E-state index is -4.51. The van der Waals surface area contributed by atoms with Gasteiger partial charge < -0.3 is 4.57 Å². The van der Waals surface area contributed by atoms with Crippen molar-refractivity contribution in [3.8, 4) is 0 Å². The van der Waals surface area contributed by atoms with Crippen LogP contribution in [0.25, 0.3) is 16.7 Å². The number of imidazole rings is 1. The zero-order valence-electron chi connectivity index (χ0n) is 15.3. The van der Waals surface area contributed by atoms with Crippen molar-refractivity contribution < 1.29 is 26.4 Å². The van der Waals surface area contributed by atoms with E-state index in [1.807, 2.05) is 0 Å². The van der Waals surface area contributed by atoms with Gasteiger partial charge in [-0.1, -0.05) is 0 Å². The van der Waals surface area contributed by atoms with E-state index >= 15 is 0 Å². The number of nitrogens with one attached hydrogen (secondary N) is 1. The summed E-state index contributed by atoms with van der Waals surface area (Å²) in [5.74, 6) is 0.101. The van der Waals surface area contributed by atoms with Crippen molar-refractivity contribution >= 4 is 33.0 Å². The molecule has 0 unspecified atom stereocenters. The summed E-state index contributed by atoms with van der Waals surface area (Å²) in [7, 11) is -1.18. The maximum absolute atomic E-state index is 13.0. The molecule has 28 heavy (non-hydrogen) atoms. The molecule has 0 amide bonds. The Hall–Kier alpha value is -2.44. The number of hydrogen-bond acceptors (Lipinski definition) is 6. The average Bonchev–Trinajstić information content (AvgIpc) is 2.97. The van der Waals surface area contributed by atoms with Crippen molar-refractivity contribution in [2.45, 2.75) is 13.1 Å². The minimum Gasteiger partial charge on any atom is -0.326 e. The Morgan fingerprint density at radius 1 is 1.32 bits per heavy atom. The van der Waals surface area contributed by atoms with Crippen molar-refractivity contribution in [3.05, 3.63) is 34.6 Å². The molecule has 0 aliphatic carbocycles. The highest BCUT2D eigenvalue weighted by Crippen LogP contribution is 2.34. The number of aliphatic imine (C=N–C) groups is 1. The summed E-state index contributed by atoms with van der Waals surface area (Å²) in [6.45, 7) is 2.00. The molecule has 8 nitrogen and oxygen atoms in total. The fourth-order valence-electron chi connectivity index (χ4n) is 2.83. The zero-order valence-corrected chi connectivity index (χ0v) is 16.1. The third-order valence-electron chi connectivity index (χ3n) is 4.13. The molecule has 0 radical (unpaired) electrons. The highest BCUT2D eigenvalue weighted by molar-refractivity contribution is 7.93. The molecular formula is C16H18F3N5O3S. The Balaban J connectivity index is 2.27. The first kappa shape index (κ1) is 20.3. The van der Waals surface area contributed by atoms with Crippen LogP contribution in [-0.2, 0) is 28.1 Å². The summed E-state index contributed by atoms with van der Waals surface area (Å²) < 4.78 is 67.9. The molecule has 12 heteroatoms. The summed E-state index contributed by atoms with van der Waals surface area (Å²) in [6.07, 6.45) is -3.07. The Morgan fingerprint density at radius 3 is 2.64 bits per heavy atom. The van der Waals surface area contributed by atoms with Gasteiger partial charge in [0.05, 0.1) is 29.7 Å². The van der Waals surface area contributed by atoms with E-state index in [1.54, 1.807) is 14.0 Å². The molecule has 1 N–H and O–H groups in total. The lowest BCUT2D eigenvalue weighted by atomic mass is 10.2. The predicted molar refractivity (Wildman–Crippen MR) is 97.4 cm³/mol. The van der Waals surface area contributed by atoms with Gasteiger partial charge in [0, 0.05) is 13.3 Å². The molecule has 0 fully saturated rings. The van der Waals surface area contributed by atoms with E-state index in [4.69, 9.17) is 4.84 Å². The second-order valence-electron chi connectivity index (χ2n) is 5.85. The number of aryl methyl sites for hydroxylation is 1. The summed E-state index contributed by atoms with van der Waals surface area (Å²) >= 11 is 0. The van der Waals surface area contributed by atoms with Crippen LogP contribution in [0.3, 0.4) is 0 Å². The lowest BCUT2D eigenvalue weighted by molar-refractivity contribution is -0.137. The van der Waals surface area contributed by atoms with Gasteiger partial charge in [-0.3, -0.25) is 9.83 Å². The molecular weight excluding hydrogens is 399 g/mol. The van der Waals surface area contributed by atoms with Crippen LogP contribution in [0.1, 0.15) is 18.3 Å². The fraction of sp³-hybridized carbons (Fsp3) is 0.375. The number of alkyl halides is 3. The van der Waals surface area contributed by atoms with E-state index in [9.17, 15) is 21.6 Å². The molecule has 0 spiro atoms. The topological polar surface area (TPSA) is 88.8 Å². The van der Waals surface area contributed by atoms with E-state index in [0.29, 0.717) is 5.52 Å². The number of benzene rings is 1. The zero-order chi connectivity index (χ0) is 20.7. The second-order valence-corrected chi connectivity index (χ2v) is 7.65. The molecule has 1 aliphatic heterocycles. The van der Waals surface area contributed by atoms with E-state index in [0.717, 1.165) is 17.2 Å². The van der Waals surface area contributed by atoms with Gasteiger partial charge in [-0.15, -0.1) is 0 Å². The number of hydroxylamine groups is 2. The molecule has 2 aromatic rings. The van der Waals surface area contributed by atoms with Gasteiger partial charge in [0.2, 0.25) is 5.03 Å². The maximum Gasteiger partial charge on any atom is 0.416 e. The lowest BCUT2D eigenvalue weighted by Gasteiger charge is -2.27. The third-order valence-corrected chi connectivity index (χ3v) is 5.57. The monoisotopic (exact) mass is 417 g/mol. The molecule has 0 atom stereocenters. The standard InChI is InChI=1S/C16H18F3N5O3S/c1-4-27-24-8-7-21-13(15(24)28(25,26)20-2)14-22-11-9-10(16(17,18)19)5-6-12(11)23(14)3/h5-7,9,20H,4,8H2,1-3H3. The van der Waals surface area contributed by atoms with Gasteiger partial charge >= 0.3 is 6.18 Å². The number of sulfonamides is 1. The van der Waals surface area contributed by atoms with Gasteiger partial charge in [0.15, 0.2) is 5.82 Å². The number of nitrogens with zero attached hydrogens (tertiary/aromatic N) is 4. The molecule has 1 aliphatic rings. The molecule has 1 aromatic heterocycles. The molecule has 0 saturated carbocycles. The van der Waals surface area contributed by atoms with E-state index in [1.165, 1.54) is 23.9 Å². The lowest BCUT2D eigenvalue weighted by Crippen LogP contribution is -2.37. The van der Waals surface area contributed by atoms with Crippen molar-refractivity contribution in [2.75, 3.05) is 20.2 Å². The summed E-state index contributed by atoms with van der Waals surface area (Å²) in [4.78, 5) is 13.8. The first-order chi connectivity index (χ1) is 13.1. The first-order valence-corrected chi connectivity index (χ1v) is 9.73. The number of hydrogen-bond donors (Lipinski definition) is 1. The molecule has 0 bridgehead atoms. The first-order valence-electron chi connectivity index (χ1n) is 8.25. The number of rotatable bonds is 5. The Kier molecular flexibility index (Phi) is 5.21. The van der Waals surface area contributed by atoms with Gasteiger partial charge in [-0.05, 0) is 32.2 Å². The van der Waals surface area contributed by atoms with Crippen molar-refractivity contribution in [1.82, 2.24) is 19.3 Å². The van der Waals surface area contributed by atoms with Crippen LogP contribution in [0.15, 0.2) is 28.2 Å². The SMILES string of the molecule is CCON1CC=NC(c2nc3cc(C(F)(F)F)ccc3n2C)=C1S(=O)(=O)NC. The molecule has 2 heterocycles. The van der Waals surface area contributed by atoms with E-state index < -0.39 is 21.8 Å². The molecule has 0 saturated heterocycles. The number of fused-ring (bicyclic) bond motifs is 1. The summed E-state index contributed by atoms with van der Waals surface area (Å²) in [5.41, 5.74) is -0.392. The van der Waals surface area contributed by atoms with Crippen LogP contribution < -0.4 is 4.72 Å². The van der Waals surface area contributed by atoms with Gasteiger partial charge in [0.25, 0.3) is 10.0 Å². The van der Waals surface area contributed by atoms with E-state index in [-0.39, 0.29) is 35.2 Å². The molecule has 152 valence electrons. The quantitative estimate of drug-likeness (QED) is 0.805. The predicted octanol–water partition coefficient (Wildman–Crippen LogP) is 2.11. The molecule has 1 aromatic carbocycles. The van der Waals surface area contributed by atoms with Crippen molar-refractivity contribution in [1.29, 1.82) is 0 Å². The Morgan fingerprint density at radius 2 is 2.04 bits per heavy atom. The van der Waals surface area contributed by atoms with Crippen molar-refractivity contribution in [2.24, 2.45) is 12.0 Å². The van der Waals surface area contributed by atoms with Crippen LogP contribution in [0.5, 0.6) is 0 Å². The molecule has 3 rings (SSSR count). The highest BCUT2D eigenvalue weighted by atomic mass is 32.2. The maximum atomic E-state index is 13.0.